The van der Waals surface area contributed by atoms with Crippen molar-refractivity contribution in [1.29, 1.82) is 0 Å². The molecule has 4 heteroatoms. The highest BCUT2D eigenvalue weighted by Crippen LogP contribution is 2.22. The molecule has 0 spiro atoms. The minimum atomic E-state index is -0.251. The van der Waals surface area contributed by atoms with Gasteiger partial charge < -0.3 is 5.32 Å². The monoisotopic (exact) mass is 190 g/mol. The highest BCUT2D eigenvalue weighted by molar-refractivity contribution is 6.76. The van der Waals surface area contributed by atoms with E-state index in [0.717, 1.165) is 5.56 Å². The van der Waals surface area contributed by atoms with Gasteiger partial charge in [0.1, 0.15) is 5.82 Å². The lowest BCUT2D eigenvalue weighted by Gasteiger charge is -2.14. The predicted molar refractivity (Wildman–Crippen MR) is 52.9 cm³/mol. The van der Waals surface area contributed by atoms with E-state index in [1.807, 2.05) is 6.92 Å². The molecule has 2 rings (SSSR count). The lowest BCUT2D eigenvalue weighted by atomic mass is 9.62. The number of carbonyl (C=O) groups excluding carboxylic acids is 1. The summed E-state index contributed by atoms with van der Waals surface area (Å²) in [4.78, 5) is 11.1. The smallest absolute Gasteiger partial charge is 0.243 e. The van der Waals surface area contributed by atoms with Crippen LogP contribution in [0, 0.1) is 5.82 Å². The van der Waals surface area contributed by atoms with Crippen LogP contribution in [0.5, 0.6) is 0 Å². The zero-order valence-corrected chi connectivity index (χ0v) is 7.83. The summed E-state index contributed by atoms with van der Waals surface area (Å²) in [5.74, 6) is -0.242. The van der Waals surface area contributed by atoms with E-state index in [-0.39, 0.29) is 23.5 Å². The molecule has 1 heterocycles. The zero-order valence-electron chi connectivity index (χ0n) is 7.83. The van der Waals surface area contributed by atoms with Gasteiger partial charge in [0.2, 0.25) is 7.28 Å². The Morgan fingerprint density at radius 3 is 2.50 bits per heavy atom. The van der Waals surface area contributed by atoms with Crippen LogP contribution in [-0.4, -0.2) is 19.1 Å². The van der Waals surface area contributed by atoms with E-state index in [1.165, 1.54) is 12.1 Å². The van der Waals surface area contributed by atoms with E-state index in [9.17, 15) is 9.18 Å². The van der Waals surface area contributed by atoms with E-state index >= 15 is 0 Å². The van der Waals surface area contributed by atoms with Crippen LogP contribution in [0.2, 0.25) is 0 Å². The molecule has 0 aliphatic carbocycles. The quantitative estimate of drug-likeness (QED) is 0.670. The summed E-state index contributed by atoms with van der Waals surface area (Å²) < 4.78 is 12.7. The fraction of sp³-hybridized carbons (Fsp3) is 0.300. The first-order valence-electron chi connectivity index (χ1n) is 4.57. The van der Waals surface area contributed by atoms with E-state index in [4.69, 9.17) is 0 Å². The molecule has 14 heavy (non-hydrogen) atoms. The van der Waals surface area contributed by atoms with Crippen molar-refractivity contribution in [2.45, 2.75) is 18.8 Å². The first kappa shape index (κ1) is 9.25. The van der Waals surface area contributed by atoms with Gasteiger partial charge in [-0.25, -0.2) is 4.39 Å². The van der Waals surface area contributed by atoms with Crippen LogP contribution >= 0.6 is 0 Å². The summed E-state index contributed by atoms with van der Waals surface area (Å²) in [5, 5.41) is 2.79. The third-order valence-electron chi connectivity index (χ3n) is 2.49. The summed E-state index contributed by atoms with van der Waals surface area (Å²) in [6.07, 6.45) is 0. The molecule has 0 saturated carbocycles. The molecule has 2 nitrogen and oxygen atoms in total. The van der Waals surface area contributed by atoms with Crippen molar-refractivity contribution in [2.75, 3.05) is 0 Å². The minimum absolute atomic E-state index is 0.0492. The summed E-state index contributed by atoms with van der Waals surface area (Å²) in [6, 6.07) is 6.35. The van der Waals surface area contributed by atoms with Gasteiger partial charge in [0.15, 0.2) is 5.81 Å². The van der Waals surface area contributed by atoms with Crippen LogP contribution in [0.4, 0.5) is 9.18 Å². The highest BCUT2D eigenvalue weighted by Gasteiger charge is 2.31. The number of rotatable bonds is 1. The number of amides is 1. The predicted octanol–water partition coefficient (Wildman–Crippen LogP) is 1.68. The summed E-state index contributed by atoms with van der Waals surface area (Å²) in [7, 11) is 1.64. The van der Waals surface area contributed by atoms with E-state index < -0.39 is 0 Å². The van der Waals surface area contributed by atoms with Gasteiger partial charge in [-0.3, -0.25) is 4.79 Å². The molecule has 2 atom stereocenters. The molecule has 0 bridgehead atoms. The second kappa shape index (κ2) is 3.44. The third-order valence-corrected chi connectivity index (χ3v) is 2.49. The summed E-state index contributed by atoms with van der Waals surface area (Å²) in [5.41, 5.74) is 0.970. The zero-order chi connectivity index (χ0) is 10.1. The largest absolute Gasteiger partial charge is 0.363 e. The average Bonchev–Trinajstić information content (AvgIpc) is 2.47. The lowest BCUT2D eigenvalue weighted by Crippen LogP contribution is -2.23. The normalized spacial score (nSPS) is 25.7. The fourth-order valence-corrected chi connectivity index (χ4v) is 1.74. The molecule has 1 aromatic carbocycles. The number of hydrogen-bond acceptors (Lipinski definition) is 1. The molecule has 1 fully saturated rings. The van der Waals surface area contributed by atoms with Crippen LogP contribution in [0.15, 0.2) is 24.3 Å². The Kier molecular flexibility index (Phi) is 2.27. The van der Waals surface area contributed by atoms with Crippen molar-refractivity contribution in [3.63, 3.8) is 0 Å². The van der Waals surface area contributed by atoms with Crippen LogP contribution in [0.1, 0.15) is 18.3 Å². The molecule has 1 radical (unpaired) electrons. The van der Waals surface area contributed by atoms with E-state index in [0.29, 0.717) is 0 Å². The van der Waals surface area contributed by atoms with Gasteiger partial charge in [0.25, 0.3) is 0 Å². The first-order chi connectivity index (χ1) is 6.66. The van der Waals surface area contributed by atoms with Crippen LogP contribution < -0.4 is 5.32 Å². The van der Waals surface area contributed by atoms with Gasteiger partial charge in [-0.1, -0.05) is 12.1 Å². The van der Waals surface area contributed by atoms with Gasteiger partial charge in [-0.05, 0) is 30.4 Å². The third kappa shape index (κ3) is 1.64. The van der Waals surface area contributed by atoms with Crippen molar-refractivity contribution in [1.82, 2.24) is 5.32 Å². The van der Waals surface area contributed by atoms with Crippen LogP contribution in [0.3, 0.4) is 0 Å². The van der Waals surface area contributed by atoms with Gasteiger partial charge in [-0.2, -0.15) is 0 Å². The number of nitrogens with one attached hydrogen (secondary N) is 1. The van der Waals surface area contributed by atoms with Crippen molar-refractivity contribution in [3.05, 3.63) is 35.6 Å². The molecule has 0 aromatic heterocycles. The Balaban J connectivity index is 2.23. The van der Waals surface area contributed by atoms with Crippen molar-refractivity contribution in [3.8, 4) is 0 Å². The summed E-state index contributed by atoms with van der Waals surface area (Å²) >= 11 is 0. The Bertz CT molecular complexity index is 352. The molecule has 1 aliphatic rings. The molecular formula is C10H10BFNO. The number of carbonyl (C=O) groups is 1. The minimum Gasteiger partial charge on any atom is -0.363 e. The first-order valence-corrected chi connectivity index (χ1v) is 4.57. The Labute approximate surface area is 82.7 Å². The maximum atomic E-state index is 12.7. The number of halogens is 1. The standard InChI is InChI=1S/C10H10BFNO/c1-6-9(11-10(14)13-6)7-2-4-8(12)5-3-7/h2-6,9H,1H3,(H,13,14)/t6-,9?/m1/s1. The second-order valence-corrected chi connectivity index (χ2v) is 3.54. The molecule has 1 N–H and O–H groups in total. The highest BCUT2D eigenvalue weighted by atomic mass is 19.1. The maximum absolute atomic E-state index is 12.7. The Morgan fingerprint density at radius 2 is 2.00 bits per heavy atom. The van der Waals surface area contributed by atoms with Crippen LogP contribution in [0.25, 0.3) is 0 Å². The lowest BCUT2D eigenvalue weighted by molar-refractivity contribution is 0.259. The molecule has 1 saturated heterocycles. The number of benzene rings is 1. The molecule has 1 unspecified atom stereocenters. The van der Waals surface area contributed by atoms with Gasteiger partial charge in [0.05, 0.1) is 0 Å². The van der Waals surface area contributed by atoms with E-state index in [2.05, 4.69) is 5.32 Å². The fourth-order valence-electron chi connectivity index (χ4n) is 1.74. The molecule has 71 valence electrons. The Hall–Kier alpha value is -1.32. The molecule has 1 amide bonds. The average molecular weight is 190 g/mol. The SMILES string of the molecule is C[C@H]1NC(=O)[B]C1c1ccc(F)cc1. The molecular weight excluding hydrogens is 180 g/mol. The van der Waals surface area contributed by atoms with Gasteiger partial charge in [0, 0.05) is 6.04 Å². The Morgan fingerprint density at radius 1 is 1.36 bits per heavy atom. The second-order valence-electron chi connectivity index (χ2n) is 3.54. The van der Waals surface area contributed by atoms with Gasteiger partial charge in [-0.15, -0.1) is 0 Å². The molecule has 1 aliphatic heterocycles. The van der Waals surface area contributed by atoms with Gasteiger partial charge >= 0.3 is 0 Å². The topological polar surface area (TPSA) is 29.1 Å². The van der Waals surface area contributed by atoms with E-state index in [1.54, 1.807) is 19.4 Å². The van der Waals surface area contributed by atoms with Crippen molar-refractivity contribution >= 4 is 13.1 Å². The van der Waals surface area contributed by atoms with Crippen molar-refractivity contribution in [2.24, 2.45) is 0 Å². The van der Waals surface area contributed by atoms with Crippen LogP contribution in [-0.2, 0) is 0 Å². The molecule has 1 aromatic rings. The summed E-state index contributed by atoms with van der Waals surface area (Å²) in [6.45, 7) is 1.94. The van der Waals surface area contributed by atoms with Crippen molar-refractivity contribution < 1.29 is 9.18 Å². The maximum Gasteiger partial charge on any atom is 0.243 e. The number of hydrogen-bond donors (Lipinski definition) is 1.